The molecule has 0 N–H and O–H groups in total. The van der Waals surface area contributed by atoms with E-state index in [9.17, 15) is 4.79 Å². The van der Waals surface area contributed by atoms with Crippen LogP contribution in [0.2, 0.25) is 0 Å². The fraction of sp³-hybridized carbons (Fsp3) is 0.0500. The Morgan fingerprint density at radius 3 is 2.04 bits per heavy atom. The lowest BCUT2D eigenvalue weighted by molar-refractivity contribution is 0.103. The maximum absolute atomic E-state index is 12.5. The van der Waals surface area contributed by atoms with Gasteiger partial charge in [-0.15, -0.1) is 0 Å². The minimum atomic E-state index is -0.0461. The van der Waals surface area contributed by atoms with E-state index in [1.807, 2.05) is 36.4 Å². The molecule has 0 spiro atoms. The second-order valence-corrected chi connectivity index (χ2v) is 5.00. The smallest absolute Gasteiger partial charge is 0.193 e. The fourth-order valence-corrected chi connectivity index (χ4v) is 2.23. The molecule has 0 atom stereocenters. The van der Waals surface area contributed by atoms with Crippen molar-refractivity contribution in [2.45, 2.75) is 0 Å². The van der Waals surface area contributed by atoms with Crippen LogP contribution in [0.3, 0.4) is 0 Å². The lowest BCUT2D eigenvalue weighted by Gasteiger charge is -2.07. The average Bonchev–Trinajstić information content (AvgIpc) is 2.63. The standard InChI is InChI=1S/C20H16O3/c1-22-19-9-5-6-16(14-19)20(21)15-10-12-18(13-11-15)23-17-7-3-2-4-8-17/h2-14H,1H3. The van der Waals surface area contributed by atoms with Gasteiger partial charge in [0.05, 0.1) is 7.11 Å². The Bertz CT molecular complexity index is 793. The molecule has 114 valence electrons. The van der Waals surface area contributed by atoms with Crippen LogP contribution in [0.25, 0.3) is 0 Å². The van der Waals surface area contributed by atoms with E-state index in [0.29, 0.717) is 22.6 Å². The van der Waals surface area contributed by atoms with Crippen LogP contribution in [0.4, 0.5) is 0 Å². The van der Waals surface area contributed by atoms with Gasteiger partial charge in [-0.3, -0.25) is 4.79 Å². The molecule has 3 nitrogen and oxygen atoms in total. The molecular formula is C20H16O3. The van der Waals surface area contributed by atoms with Crippen molar-refractivity contribution < 1.29 is 14.3 Å². The third-order valence-electron chi connectivity index (χ3n) is 3.43. The summed E-state index contributed by atoms with van der Waals surface area (Å²) < 4.78 is 10.9. The van der Waals surface area contributed by atoms with Crippen LogP contribution in [0.5, 0.6) is 17.2 Å². The first-order chi connectivity index (χ1) is 11.3. The Balaban J connectivity index is 1.77. The number of carbonyl (C=O) groups excluding carboxylic acids is 1. The number of ketones is 1. The van der Waals surface area contributed by atoms with Crippen LogP contribution in [-0.4, -0.2) is 12.9 Å². The topological polar surface area (TPSA) is 35.5 Å². The largest absolute Gasteiger partial charge is 0.497 e. The molecule has 0 amide bonds. The van der Waals surface area contributed by atoms with Gasteiger partial charge < -0.3 is 9.47 Å². The lowest BCUT2D eigenvalue weighted by atomic mass is 10.0. The minimum Gasteiger partial charge on any atom is -0.497 e. The molecule has 0 fully saturated rings. The molecule has 3 aromatic carbocycles. The number of para-hydroxylation sites is 1. The number of methoxy groups -OCH3 is 1. The molecule has 3 aromatic rings. The summed E-state index contributed by atoms with van der Waals surface area (Å²) in [6.45, 7) is 0. The minimum absolute atomic E-state index is 0.0461. The molecule has 0 radical (unpaired) electrons. The molecule has 3 rings (SSSR count). The highest BCUT2D eigenvalue weighted by molar-refractivity contribution is 6.09. The Kier molecular flexibility index (Phi) is 4.39. The molecule has 0 bridgehead atoms. The van der Waals surface area contributed by atoms with E-state index in [1.165, 1.54) is 0 Å². The first kappa shape index (κ1) is 14.9. The number of rotatable bonds is 5. The van der Waals surface area contributed by atoms with E-state index >= 15 is 0 Å². The van der Waals surface area contributed by atoms with Gasteiger partial charge in [-0.25, -0.2) is 0 Å². The number of ether oxygens (including phenoxy) is 2. The Labute approximate surface area is 135 Å². The van der Waals surface area contributed by atoms with Gasteiger partial charge in [-0.1, -0.05) is 30.3 Å². The molecule has 0 aliphatic rings. The highest BCUT2D eigenvalue weighted by Crippen LogP contribution is 2.22. The molecule has 3 heteroatoms. The highest BCUT2D eigenvalue weighted by atomic mass is 16.5. The molecule has 0 aliphatic carbocycles. The van der Waals surface area contributed by atoms with Gasteiger partial charge in [0.2, 0.25) is 0 Å². The first-order valence-corrected chi connectivity index (χ1v) is 7.28. The number of hydrogen-bond acceptors (Lipinski definition) is 3. The molecule has 0 heterocycles. The van der Waals surface area contributed by atoms with Crippen molar-refractivity contribution in [3.63, 3.8) is 0 Å². The maximum Gasteiger partial charge on any atom is 0.193 e. The van der Waals surface area contributed by atoms with Crippen molar-refractivity contribution in [3.05, 3.63) is 90.0 Å². The van der Waals surface area contributed by atoms with E-state index in [2.05, 4.69) is 0 Å². The normalized spacial score (nSPS) is 10.1. The fourth-order valence-electron chi connectivity index (χ4n) is 2.23. The van der Waals surface area contributed by atoms with E-state index in [4.69, 9.17) is 9.47 Å². The Morgan fingerprint density at radius 2 is 1.35 bits per heavy atom. The predicted molar refractivity (Wildman–Crippen MR) is 89.4 cm³/mol. The molecule has 0 aromatic heterocycles. The summed E-state index contributed by atoms with van der Waals surface area (Å²) in [5.74, 6) is 2.08. The third-order valence-corrected chi connectivity index (χ3v) is 3.43. The van der Waals surface area contributed by atoms with Gasteiger partial charge in [-0.2, -0.15) is 0 Å². The van der Waals surface area contributed by atoms with Crippen LogP contribution in [0.15, 0.2) is 78.9 Å². The van der Waals surface area contributed by atoms with E-state index in [1.54, 1.807) is 49.6 Å². The van der Waals surface area contributed by atoms with Gasteiger partial charge in [-0.05, 0) is 48.5 Å². The molecule has 23 heavy (non-hydrogen) atoms. The summed E-state index contributed by atoms with van der Waals surface area (Å²) in [6, 6.07) is 23.8. The summed E-state index contributed by atoms with van der Waals surface area (Å²) in [5.41, 5.74) is 1.21. The lowest BCUT2D eigenvalue weighted by Crippen LogP contribution is -2.01. The van der Waals surface area contributed by atoms with E-state index in [0.717, 1.165) is 5.75 Å². The Morgan fingerprint density at radius 1 is 0.696 bits per heavy atom. The average molecular weight is 304 g/mol. The second kappa shape index (κ2) is 6.79. The summed E-state index contributed by atoms with van der Waals surface area (Å²) in [7, 11) is 1.58. The van der Waals surface area contributed by atoms with Crippen molar-refractivity contribution in [2.24, 2.45) is 0 Å². The second-order valence-electron chi connectivity index (χ2n) is 5.00. The van der Waals surface area contributed by atoms with Crippen LogP contribution in [0.1, 0.15) is 15.9 Å². The molecule has 0 unspecified atom stereocenters. The van der Waals surface area contributed by atoms with Crippen LogP contribution < -0.4 is 9.47 Å². The van der Waals surface area contributed by atoms with Crippen LogP contribution in [-0.2, 0) is 0 Å². The summed E-state index contributed by atoms with van der Waals surface area (Å²) >= 11 is 0. The highest BCUT2D eigenvalue weighted by Gasteiger charge is 2.10. The third kappa shape index (κ3) is 3.58. The van der Waals surface area contributed by atoms with Crippen molar-refractivity contribution in [1.29, 1.82) is 0 Å². The molecule has 0 saturated carbocycles. The van der Waals surface area contributed by atoms with Gasteiger partial charge >= 0.3 is 0 Å². The van der Waals surface area contributed by atoms with Crippen LogP contribution in [0, 0.1) is 0 Å². The van der Waals surface area contributed by atoms with Crippen molar-refractivity contribution >= 4 is 5.78 Å². The van der Waals surface area contributed by atoms with Crippen LogP contribution >= 0.6 is 0 Å². The van der Waals surface area contributed by atoms with Crippen molar-refractivity contribution in [3.8, 4) is 17.2 Å². The first-order valence-electron chi connectivity index (χ1n) is 7.28. The zero-order valence-electron chi connectivity index (χ0n) is 12.7. The van der Waals surface area contributed by atoms with Crippen molar-refractivity contribution in [1.82, 2.24) is 0 Å². The van der Waals surface area contributed by atoms with Gasteiger partial charge in [0.1, 0.15) is 17.2 Å². The van der Waals surface area contributed by atoms with Gasteiger partial charge in [0, 0.05) is 11.1 Å². The number of benzene rings is 3. The number of hydrogen-bond donors (Lipinski definition) is 0. The zero-order valence-corrected chi connectivity index (χ0v) is 12.7. The van der Waals surface area contributed by atoms with Gasteiger partial charge in [0.25, 0.3) is 0 Å². The zero-order chi connectivity index (χ0) is 16.1. The monoisotopic (exact) mass is 304 g/mol. The Hall–Kier alpha value is -3.07. The van der Waals surface area contributed by atoms with E-state index < -0.39 is 0 Å². The van der Waals surface area contributed by atoms with Crippen molar-refractivity contribution in [2.75, 3.05) is 7.11 Å². The van der Waals surface area contributed by atoms with Gasteiger partial charge in [0.15, 0.2) is 5.78 Å². The SMILES string of the molecule is COc1cccc(C(=O)c2ccc(Oc3ccccc3)cc2)c1. The quantitative estimate of drug-likeness (QED) is 0.640. The molecular weight excluding hydrogens is 288 g/mol. The molecule has 0 aliphatic heterocycles. The summed E-state index contributed by atoms with van der Waals surface area (Å²) in [6.07, 6.45) is 0. The number of carbonyl (C=O) groups is 1. The van der Waals surface area contributed by atoms with E-state index in [-0.39, 0.29) is 5.78 Å². The summed E-state index contributed by atoms with van der Waals surface area (Å²) in [4.78, 5) is 12.5. The maximum atomic E-state index is 12.5. The predicted octanol–water partition coefficient (Wildman–Crippen LogP) is 4.72. The molecule has 0 saturated heterocycles. The summed E-state index contributed by atoms with van der Waals surface area (Å²) in [5, 5.41) is 0.